The molecular formula is C12H16ClNO. The molecule has 0 aromatic heterocycles. The van der Waals surface area contributed by atoms with Gasteiger partial charge >= 0.3 is 0 Å². The Hall–Kier alpha value is -1.02. The number of carbonyl (C=O) groups is 1. The summed E-state index contributed by atoms with van der Waals surface area (Å²) in [6, 6.07) is 9.89. The fraction of sp³-hybridized carbons (Fsp3) is 0.417. The van der Waals surface area contributed by atoms with Crippen LogP contribution in [0.3, 0.4) is 0 Å². The number of benzene rings is 1. The van der Waals surface area contributed by atoms with Gasteiger partial charge in [0.1, 0.15) is 5.38 Å². The van der Waals surface area contributed by atoms with Crippen LogP contribution in [0.5, 0.6) is 0 Å². The minimum atomic E-state index is -0.404. The molecule has 0 fully saturated rings. The van der Waals surface area contributed by atoms with Crippen molar-refractivity contribution in [2.75, 3.05) is 7.05 Å². The second kappa shape index (κ2) is 5.76. The van der Waals surface area contributed by atoms with E-state index in [2.05, 4.69) is 0 Å². The van der Waals surface area contributed by atoms with E-state index in [4.69, 9.17) is 11.6 Å². The van der Waals surface area contributed by atoms with Gasteiger partial charge in [0, 0.05) is 13.6 Å². The van der Waals surface area contributed by atoms with Crippen LogP contribution in [0.2, 0.25) is 0 Å². The molecule has 0 aliphatic rings. The second-order valence-electron chi connectivity index (χ2n) is 3.56. The summed E-state index contributed by atoms with van der Waals surface area (Å²) in [7, 11) is 1.78. The molecule has 0 saturated carbocycles. The summed E-state index contributed by atoms with van der Waals surface area (Å²) in [5.74, 6) is -0.0111. The number of alkyl halides is 1. The zero-order valence-electron chi connectivity index (χ0n) is 9.11. The zero-order valence-corrected chi connectivity index (χ0v) is 9.87. The van der Waals surface area contributed by atoms with Crippen LogP contribution in [0.15, 0.2) is 30.3 Å². The average Bonchev–Trinajstić information content (AvgIpc) is 2.28. The lowest BCUT2D eigenvalue weighted by Crippen LogP contribution is -2.32. The third-order valence-electron chi connectivity index (χ3n) is 2.27. The van der Waals surface area contributed by atoms with Crippen LogP contribution in [0.25, 0.3) is 0 Å². The predicted octanol–water partition coefficient (Wildman–Crippen LogP) is 2.66. The Morgan fingerprint density at radius 1 is 1.40 bits per heavy atom. The normalized spacial score (nSPS) is 12.2. The monoisotopic (exact) mass is 225 g/mol. The number of halogens is 1. The molecule has 0 N–H and O–H groups in total. The van der Waals surface area contributed by atoms with E-state index in [1.165, 1.54) is 0 Å². The lowest BCUT2D eigenvalue weighted by molar-refractivity contribution is -0.130. The van der Waals surface area contributed by atoms with Gasteiger partial charge in [0.15, 0.2) is 0 Å². The molecule has 82 valence electrons. The first kappa shape index (κ1) is 12.1. The predicted molar refractivity (Wildman–Crippen MR) is 62.8 cm³/mol. The van der Waals surface area contributed by atoms with Gasteiger partial charge in [-0.15, -0.1) is 11.6 Å². The second-order valence-corrected chi connectivity index (χ2v) is 4.08. The fourth-order valence-corrected chi connectivity index (χ4v) is 1.52. The van der Waals surface area contributed by atoms with Gasteiger partial charge in [-0.3, -0.25) is 4.79 Å². The van der Waals surface area contributed by atoms with Crippen molar-refractivity contribution in [3.63, 3.8) is 0 Å². The molecule has 0 spiro atoms. The molecule has 0 aliphatic carbocycles. The SMILES string of the molecule is CC[C@H](Cl)C(=O)N(C)Cc1ccccc1. The number of hydrogen-bond acceptors (Lipinski definition) is 1. The highest BCUT2D eigenvalue weighted by molar-refractivity contribution is 6.30. The Balaban J connectivity index is 2.56. The smallest absolute Gasteiger partial charge is 0.240 e. The van der Waals surface area contributed by atoms with Gasteiger partial charge in [0.25, 0.3) is 0 Å². The molecule has 2 nitrogen and oxygen atoms in total. The van der Waals surface area contributed by atoms with Crippen LogP contribution in [0.1, 0.15) is 18.9 Å². The molecular weight excluding hydrogens is 210 g/mol. The maximum Gasteiger partial charge on any atom is 0.240 e. The Kier molecular flexibility index (Phi) is 4.63. The molecule has 0 radical (unpaired) electrons. The van der Waals surface area contributed by atoms with Gasteiger partial charge in [0.05, 0.1) is 0 Å². The van der Waals surface area contributed by atoms with Crippen molar-refractivity contribution in [3.8, 4) is 0 Å². The summed E-state index contributed by atoms with van der Waals surface area (Å²) in [6.45, 7) is 2.52. The van der Waals surface area contributed by atoms with Crippen LogP contribution in [-0.4, -0.2) is 23.2 Å². The molecule has 0 unspecified atom stereocenters. The highest BCUT2D eigenvalue weighted by Crippen LogP contribution is 2.09. The molecule has 1 rings (SSSR count). The number of rotatable bonds is 4. The third-order valence-corrected chi connectivity index (χ3v) is 2.76. The first-order valence-corrected chi connectivity index (χ1v) is 5.51. The van der Waals surface area contributed by atoms with Crippen molar-refractivity contribution < 1.29 is 4.79 Å². The maximum atomic E-state index is 11.7. The van der Waals surface area contributed by atoms with Crippen molar-refractivity contribution >= 4 is 17.5 Å². The molecule has 1 aromatic carbocycles. The first-order chi connectivity index (χ1) is 7.15. The molecule has 0 saturated heterocycles. The Morgan fingerprint density at radius 2 is 2.00 bits per heavy atom. The van der Waals surface area contributed by atoms with E-state index < -0.39 is 5.38 Å². The number of carbonyl (C=O) groups excluding carboxylic acids is 1. The van der Waals surface area contributed by atoms with E-state index in [0.29, 0.717) is 13.0 Å². The Labute approximate surface area is 95.8 Å². The van der Waals surface area contributed by atoms with E-state index in [9.17, 15) is 4.79 Å². The van der Waals surface area contributed by atoms with Crippen LogP contribution >= 0.6 is 11.6 Å². The van der Waals surface area contributed by atoms with E-state index in [1.807, 2.05) is 37.3 Å². The number of nitrogens with zero attached hydrogens (tertiary/aromatic N) is 1. The Bertz CT molecular complexity index is 313. The molecule has 1 aromatic rings. The van der Waals surface area contributed by atoms with Gasteiger partial charge in [-0.05, 0) is 12.0 Å². The largest absolute Gasteiger partial charge is 0.340 e. The summed E-state index contributed by atoms with van der Waals surface area (Å²) in [6.07, 6.45) is 0.666. The van der Waals surface area contributed by atoms with Crippen LogP contribution in [0.4, 0.5) is 0 Å². The maximum absolute atomic E-state index is 11.7. The highest BCUT2D eigenvalue weighted by Gasteiger charge is 2.17. The molecule has 15 heavy (non-hydrogen) atoms. The summed E-state index contributed by atoms with van der Waals surface area (Å²) in [4.78, 5) is 13.3. The summed E-state index contributed by atoms with van der Waals surface area (Å²) in [5.41, 5.74) is 1.12. The molecule has 1 atom stereocenters. The van der Waals surface area contributed by atoms with Gasteiger partial charge < -0.3 is 4.90 Å². The average molecular weight is 226 g/mol. The quantitative estimate of drug-likeness (QED) is 0.722. The van der Waals surface area contributed by atoms with E-state index in [1.54, 1.807) is 11.9 Å². The molecule has 1 amide bonds. The van der Waals surface area contributed by atoms with Crippen LogP contribution in [-0.2, 0) is 11.3 Å². The summed E-state index contributed by atoms with van der Waals surface area (Å²) >= 11 is 5.89. The lowest BCUT2D eigenvalue weighted by atomic mass is 10.2. The van der Waals surface area contributed by atoms with E-state index in [0.717, 1.165) is 5.56 Å². The highest BCUT2D eigenvalue weighted by atomic mass is 35.5. The van der Waals surface area contributed by atoms with Gasteiger partial charge in [0.2, 0.25) is 5.91 Å². The lowest BCUT2D eigenvalue weighted by Gasteiger charge is -2.19. The van der Waals surface area contributed by atoms with Gasteiger partial charge in [-0.2, -0.15) is 0 Å². The van der Waals surface area contributed by atoms with Crippen molar-refractivity contribution in [2.45, 2.75) is 25.3 Å². The van der Waals surface area contributed by atoms with Gasteiger partial charge in [-0.1, -0.05) is 37.3 Å². The Morgan fingerprint density at radius 3 is 2.53 bits per heavy atom. The van der Waals surface area contributed by atoms with Crippen molar-refractivity contribution in [1.82, 2.24) is 4.90 Å². The minimum Gasteiger partial charge on any atom is -0.340 e. The van der Waals surface area contributed by atoms with Crippen LogP contribution < -0.4 is 0 Å². The molecule has 3 heteroatoms. The first-order valence-electron chi connectivity index (χ1n) is 5.08. The minimum absolute atomic E-state index is 0.0111. The number of hydrogen-bond donors (Lipinski definition) is 0. The standard InChI is InChI=1S/C12H16ClNO/c1-3-11(13)12(15)14(2)9-10-7-5-4-6-8-10/h4-8,11H,3,9H2,1-2H3/t11-/m0/s1. The number of amides is 1. The third kappa shape index (κ3) is 3.56. The zero-order chi connectivity index (χ0) is 11.3. The molecule has 0 aliphatic heterocycles. The fourth-order valence-electron chi connectivity index (χ4n) is 1.35. The van der Waals surface area contributed by atoms with Crippen LogP contribution in [0, 0.1) is 0 Å². The van der Waals surface area contributed by atoms with Crippen molar-refractivity contribution in [3.05, 3.63) is 35.9 Å². The molecule has 0 bridgehead atoms. The topological polar surface area (TPSA) is 20.3 Å². The summed E-state index contributed by atoms with van der Waals surface area (Å²) in [5, 5.41) is -0.404. The van der Waals surface area contributed by atoms with Crippen molar-refractivity contribution in [1.29, 1.82) is 0 Å². The van der Waals surface area contributed by atoms with Crippen molar-refractivity contribution in [2.24, 2.45) is 0 Å². The van der Waals surface area contributed by atoms with Gasteiger partial charge in [-0.25, -0.2) is 0 Å². The molecule has 0 heterocycles. The van der Waals surface area contributed by atoms with E-state index >= 15 is 0 Å². The summed E-state index contributed by atoms with van der Waals surface area (Å²) < 4.78 is 0. The van der Waals surface area contributed by atoms with E-state index in [-0.39, 0.29) is 5.91 Å².